The number of aliphatic carboxylic acids is 1. The van der Waals surface area contributed by atoms with Crippen molar-refractivity contribution >= 4 is 17.9 Å². The number of likely N-dealkylation sites (N-methyl/N-ethyl adjacent to an activating group) is 1. The van der Waals surface area contributed by atoms with Crippen LogP contribution in [0.4, 0.5) is 0 Å². The summed E-state index contributed by atoms with van der Waals surface area (Å²) in [5, 5.41) is 9.69. The van der Waals surface area contributed by atoms with E-state index in [4.69, 9.17) is 18.9 Å². The number of allylic oxidation sites excluding steroid dienone is 28. The predicted octanol–water partition coefficient (Wildman–Crippen LogP) is 16.0. The van der Waals surface area contributed by atoms with Gasteiger partial charge in [0.1, 0.15) is 13.2 Å². The van der Waals surface area contributed by atoms with Crippen molar-refractivity contribution in [3.63, 3.8) is 0 Å². The Morgan fingerprint density at radius 2 is 0.726 bits per heavy atom. The fourth-order valence-corrected chi connectivity index (χ4v) is 6.32. The zero-order chi connectivity index (χ0) is 53.4. The van der Waals surface area contributed by atoms with Gasteiger partial charge in [-0.1, -0.05) is 184 Å². The number of rotatable bonds is 47. The highest BCUT2D eigenvalue weighted by Gasteiger charge is 2.25. The number of hydrogen-bond donors (Lipinski definition) is 1. The van der Waals surface area contributed by atoms with E-state index >= 15 is 0 Å². The van der Waals surface area contributed by atoms with Gasteiger partial charge in [-0.25, -0.2) is 4.79 Å². The van der Waals surface area contributed by atoms with Crippen LogP contribution < -0.4 is 0 Å². The first-order valence-electron chi connectivity index (χ1n) is 27.3. The summed E-state index contributed by atoms with van der Waals surface area (Å²) in [6.07, 6.45) is 77.2. The van der Waals surface area contributed by atoms with Crippen molar-refractivity contribution in [1.82, 2.24) is 0 Å². The van der Waals surface area contributed by atoms with Crippen LogP contribution in [0, 0.1) is 0 Å². The zero-order valence-corrected chi connectivity index (χ0v) is 46.0. The van der Waals surface area contributed by atoms with Crippen molar-refractivity contribution < 1.29 is 42.9 Å². The number of carbonyl (C=O) groups is 3. The number of carboxylic acids is 1. The van der Waals surface area contributed by atoms with Crippen LogP contribution in [-0.4, -0.2) is 87.4 Å². The van der Waals surface area contributed by atoms with E-state index in [1.165, 1.54) is 0 Å². The quantitative estimate of drug-likeness (QED) is 0.0211. The lowest BCUT2D eigenvalue weighted by Crippen LogP contribution is -2.40. The van der Waals surface area contributed by atoms with Gasteiger partial charge in [0.2, 0.25) is 0 Å². The Morgan fingerprint density at radius 3 is 1.04 bits per heavy atom. The summed E-state index contributed by atoms with van der Waals surface area (Å²) in [7, 11) is 5.92. The number of nitrogens with zero attached hydrogens (tertiary/aromatic N) is 1. The largest absolute Gasteiger partial charge is 0.477 e. The van der Waals surface area contributed by atoms with Gasteiger partial charge in [-0.05, 0) is 128 Å². The van der Waals surface area contributed by atoms with Gasteiger partial charge in [0, 0.05) is 12.8 Å². The highest BCUT2D eigenvalue weighted by atomic mass is 16.7. The Morgan fingerprint density at radius 1 is 0.411 bits per heavy atom. The lowest BCUT2D eigenvalue weighted by Gasteiger charge is -2.25. The average Bonchev–Trinajstić information content (AvgIpc) is 3.36. The third-order valence-electron chi connectivity index (χ3n) is 10.5. The lowest BCUT2D eigenvalue weighted by atomic mass is 10.1. The van der Waals surface area contributed by atoms with E-state index in [9.17, 15) is 19.5 Å². The maximum atomic E-state index is 12.8. The summed E-state index contributed by atoms with van der Waals surface area (Å²) in [5.74, 6) is -2.16. The summed E-state index contributed by atoms with van der Waals surface area (Å²) in [6, 6.07) is 0. The van der Waals surface area contributed by atoms with E-state index in [1.807, 2.05) is 21.1 Å². The second-order valence-corrected chi connectivity index (χ2v) is 18.4. The van der Waals surface area contributed by atoms with E-state index < -0.39 is 30.3 Å². The van der Waals surface area contributed by atoms with Crippen molar-refractivity contribution in [3.05, 3.63) is 170 Å². The molecule has 0 saturated heterocycles. The van der Waals surface area contributed by atoms with E-state index in [1.54, 1.807) is 0 Å². The number of unbranched alkanes of at least 4 members (excludes halogenated alkanes) is 4. The second kappa shape index (κ2) is 53.0. The first-order valence-corrected chi connectivity index (χ1v) is 27.3. The summed E-state index contributed by atoms with van der Waals surface area (Å²) in [4.78, 5) is 37.3. The van der Waals surface area contributed by atoms with Crippen LogP contribution in [0.2, 0.25) is 0 Å². The van der Waals surface area contributed by atoms with Crippen LogP contribution in [0.1, 0.15) is 155 Å². The molecule has 0 aromatic heterocycles. The number of esters is 2. The molecule has 2 unspecified atom stereocenters. The van der Waals surface area contributed by atoms with Crippen LogP contribution in [0.25, 0.3) is 0 Å². The Labute approximate surface area is 444 Å². The summed E-state index contributed by atoms with van der Waals surface area (Å²) in [5.41, 5.74) is 0. The molecule has 0 aliphatic carbocycles. The van der Waals surface area contributed by atoms with Gasteiger partial charge in [0.25, 0.3) is 6.29 Å². The molecule has 0 heterocycles. The van der Waals surface area contributed by atoms with Crippen molar-refractivity contribution in [2.45, 2.75) is 167 Å². The number of quaternary nitrogens is 1. The van der Waals surface area contributed by atoms with Crippen molar-refractivity contribution in [1.29, 1.82) is 0 Å². The monoisotopic (exact) mass is 1010 g/mol. The first-order chi connectivity index (χ1) is 35.6. The molecule has 73 heavy (non-hydrogen) atoms. The number of carboxylic acid groups (broad SMARTS) is 1. The fourth-order valence-electron chi connectivity index (χ4n) is 6.32. The maximum absolute atomic E-state index is 12.8. The van der Waals surface area contributed by atoms with Gasteiger partial charge >= 0.3 is 17.9 Å². The molecule has 0 rings (SSSR count). The van der Waals surface area contributed by atoms with Crippen LogP contribution in [0.5, 0.6) is 0 Å². The van der Waals surface area contributed by atoms with Crippen molar-refractivity contribution in [2.75, 3.05) is 47.5 Å². The molecule has 9 nitrogen and oxygen atoms in total. The van der Waals surface area contributed by atoms with E-state index in [0.717, 1.165) is 116 Å². The SMILES string of the molecule is CC/C=C\C/C=C\C/C=C\C/C=C\C/C=C\C/C=C\C/C=C\C/C=C\CCCCC(=O)OC(COC(=O)CCCC/C=C\C/C=C\C/C=C\C/C=C\C/C=C\C/C=C\CC)COC(OCC[N+](C)(C)C)C(=O)O. The first kappa shape index (κ1) is 67.6. The molecule has 9 heteroatoms. The minimum absolute atomic E-state index is 0.160. The highest BCUT2D eigenvalue weighted by molar-refractivity contribution is 5.71. The summed E-state index contributed by atoms with van der Waals surface area (Å²) < 4.78 is 22.7. The molecule has 406 valence electrons. The smallest absolute Gasteiger partial charge is 0.361 e. The Balaban J connectivity index is 4.52. The lowest BCUT2D eigenvalue weighted by molar-refractivity contribution is -0.870. The molecule has 0 aliphatic heterocycles. The minimum atomic E-state index is -1.55. The third-order valence-corrected chi connectivity index (χ3v) is 10.5. The van der Waals surface area contributed by atoms with Crippen molar-refractivity contribution in [3.8, 4) is 0 Å². The van der Waals surface area contributed by atoms with E-state index in [0.29, 0.717) is 23.9 Å². The standard InChI is InChI=1S/C64H97NO8/c1-6-8-10-12-14-16-18-20-22-24-26-28-29-30-31-32-33-35-37-39-41-43-45-47-49-51-53-55-62(67)73-60(59-72-64(63(68)69)70-57-56-65(3,4)5)58-71-61(66)54-52-50-48-46-44-42-40-38-36-34-27-25-23-21-19-17-15-13-11-9-7-2/h8-11,14-17,20-23,26-28,30-31,33-35,38-41,44-47,60,64H,6-7,12-13,18-19,24-25,29,32,36-37,42-43,48-59H2,1-5H3/p+1/b10-8-,11-9-,16-14-,17-15-,22-20-,23-21-,28-26-,31-30-,34-27-,35-33-,40-38-,41-39-,46-44-,47-45-. The fraction of sp³-hybridized carbons (Fsp3) is 0.516. The van der Waals surface area contributed by atoms with Crippen LogP contribution in [0.3, 0.4) is 0 Å². The summed E-state index contributed by atoms with van der Waals surface area (Å²) in [6.45, 7) is 4.50. The molecule has 0 aliphatic rings. The minimum Gasteiger partial charge on any atom is -0.477 e. The zero-order valence-electron chi connectivity index (χ0n) is 46.0. The molecule has 0 fully saturated rings. The van der Waals surface area contributed by atoms with Crippen LogP contribution >= 0.6 is 0 Å². The number of carbonyl (C=O) groups excluding carboxylic acids is 2. The molecule has 0 aromatic carbocycles. The normalized spacial score (nSPS) is 14.2. The van der Waals surface area contributed by atoms with Gasteiger partial charge < -0.3 is 28.5 Å². The van der Waals surface area contributed by atoms with Crippen LogP contribution in [0.15, 0.2) is 170 Å². The predicted molar refractivity (Wildman–Crippen MR) is 308 cm³/mol. The molecular weight excluding hydrogens is 911 g/mol. The summed E-state index contributed by atoms with van der Waals surface area (Å²) >= 11 is 0. The Kier molecular flexibility index (Phi) is 49.1. The average molecular weight is 1010 g/mol. The highest BCUT2D eigenvalue weighted by Crippen LogP contribution is 2.10. The molecular formula is C64H98NO8+. The van der Waals surface area contributed by atoms with Gasteiger partial charge in [-0.3, -0.25) is 9.59 Å². The van der Waals surface area contributed by atoms with Gasteiger partial charge in [-0.15, -0.1) is 0 Å². The third kappa shape index (κ3) is 54.3. The second-order valence-electron chi connectivity index (χ2n) is 18.4. The van der Waals surface area contributed by atoms with Gasteiger partial charge in [0.05, 0.1) is 34.4 Å². The molecule has 0 saturated carbocycles. The molecule has 0 aromatic rings. The van der Waals surface area contributed by atoms with E-state index in [-0.39, 0.29) is 32.7 Å². The molecule has 0 spiro atoms. The van der Waals surface area contributed by atoms with Gasteiger partial charge in [0.15, 0.2) is 6.10 Å². The Bertz CT molecular complexity index is 1790. The number of ether oxygens (including phenoxy) is 4. The topological polar surface area (TPSA) is 108 Å². The molecule has 0 bridgehead atoms. The maximum Gasteiger partial charge on any atom is 0.361 e. The van der Waals surface area contributed by atoms with Crippen LogP contribution in [-0.2, 0) is 33.3 Å². The molecule has 2 atom stereocenters. The molecule has 0 radical (unpaired) electrons. The van der Waals surface area contributed by atoms with E-state index in [2.05, 4.69) is 184 Å². The number of hydrogen-bond acceptors (Lipinski definition) is 7. The Hall–Kier alpha value is -5.35. The van der Waals surface area contributed by atoms with Gasteiger partial charge in [-0.2, -0.15) is 0 Å². The molecule has 1 N–H and O–H groups in total. The van der Waals surface area contributed by atoms with Crippen molar-refractivity contribution in [2.24, 2.45) is 0 Å². The molecule has 0 amide bonds.